The molecule has 2 aromatic carbocycles. The van der Waals surface area contributed by atoms with Crippen LogP contribution >= 0.6 is 0 Å². The minimum absolute atomic E-state index is 0.140. The molecule has 3 aromatic rings. The summed E-state index contributed by atoms with van der Waals surface area (Å²) in [5.41, 5.74) is 3.30. The summed E-state index contributed by atoms with van der Waals surface area (Å²) in [4.78, 5) is 32.6. The van der Waals surface area contributed by atoms with Gasteiger partial charge in [-0.3, -0.25) is 15.3 Å². The Bertz CT molecular complexity index is 1390. The van der Waals surface area contributed by atoms with Crippen LogP contribution in [0.25, 0.3) is 11.1 Å². The van der Waals surface area contributed by atoms with Crippen molar-refractivity contribution in [3.8, 4) is 22.6 Å². The van der Waals surface area contributed by atoms with Gasteiger partial charge >= 0.3 is 30.4 Å². The number of likely N-dealkylation sites (tertiary alicyclic amines) is 1. The van der Waals surface area contributed by atoms with Crippen molar-refractivity contribution >= 4 is 23.7 Å². The second-order valence-corrected chi connectivity index (χ2v) is 9.25. The molecular weight excluding hydrogens is 634 g/mol. The molecule has 0 atom stereocenters. The Balaban J connectivity index is 0.000000440. The number of carboxylic acids is 2. The molecule has 12 nitrogen and oxygen atoms in total. The number of carbonyl (C=O) groups is 3. The van der Waals surface area contributed by atoms with E-state index in [0.29, 0.717) is 18.0 Å². The molecule has 0 bridgehead atoms. The van der Waals surface area contributed by atoms with E-state index in [-0.39, 0.29) is 6.61 Å². The van der Waals surface area contributed by atoms with Crippen LogP contribution in [0.2, 0.25) is 0 Å². The zero-order valence-electron chi connectivity index (χ0n) is 24.2. The second kappa shape index (κ2) is 17.5. The number of alkyl halides is 6. The van der Waals surface area contributed by atoms with Gasteiger partial charge in [0.25, 0.3) is 0 Å². The summed E-state index contributed by atoms with van der Waals surface area (Å²) < 4.78 is 80.1. The van der Waals surface area contributed by atoms with E-state index in [1.807, 2.05) is 48.7 Å². The van der Waals surface area contributed by atoms with E-state index in [0.717, 1.165) is 42.1 Å². The zero-order chi connectivity index (χ0) is 34.3. The van der Waals surface area contributed by atoms with Gasteiger partial charge in [0.15, 0.2) is 0 Å². The Kier molecular flexibility index (Phi) is 14.1. The van der Waals surface area contributed by atoms with Gasteiger partial charge in [-0.15, -0.1) is 0 Å². The number of rotatable bonds is 9. The predicted molar refractivity (Wildman–Crippen MR) is 149 cm³/mol. The largest absolute Gasteiger partial charge is 0.497 e. The van der Waals surface area contributed by atoms with Crippen LogP contribution < -0.4 is 14.8 Å². The highest BCUT2D eigenvalue weighted by Crippen LogP contribution is 2.31. The van der Waals surface area contributed by atoms with E-state index in [4.69, 9.17) is 34.0 Å². The maximum absolute atomic E-state index is 12.4. The lowest BCUT2D eigenvalue weighted by atomic mass is 10.1. The summed E-state index contributed by atoms with van der Waals surface area (Å²) >= 11 is 0. The number of hydrogen-bond acceptors (Lipinski definition) is 8. The molecule has 1 fully saturated rings. The maximum Gasteiger partial charge on any atom is 0.490 e. The molecule has 1 aliphatic heterocycles. The number of aromatic nitrogens is 2. The van der Waals surface area contributed by atoms with Crippen molar-refractivity contribution in [1.29, 1.82) is 0 Å². The molecular formula is C28H30F6N4O8. The molecule has 18 heteroatoms. The van der Waals surface area contributed by atoms with E-state index in [1.54, 1.807) is 13.3 Å². The fourth-order valence-electron chi connectivity index (χ4n) is 3.68. The van der Waals surface area contributed by atoms with Crippen molar-refractivity contribution in [3.05, 3.63) is 60.4 Å². The fraction of sp³-hybridized carbons (Fsp3) is 0.357. The minimum atomic E-state index is -5.08. The third-order valence-corrected chi connectivity index (χ3v) is 5.90. The third-order valence-electron chi connectivity index (χ3n) is 5.90. The highest BCUT2D eigenvalue weighted by atomic mass is 19.4. The summed E-state index contributed by atoms with van der Waals surface area (Å²) in [6.45, 7) is 3.76. The van der Waals surface area contributed by atoms with Crippen molar-refractivity contribution in [1.82, 2.24) is 15.1 Å². The lowest BCUT2D eigenvalue weighted by molar-refractivity contribution is -0.193. The molecule has 1 amide bonds. The first-order chi connectivity index (χ1) is 21.6. The molecule has 1 saturated heterocycles. The minimum Gasteiger partial charge on any atom is -0.497 e. The topological polar surface area (TPSA) is 163 Å². The van der Waals surface area contributed by atoms with Crippen molar-refractivity contribution in [2.45, 2.75) is 31.8 Å². The monoisotopic (exact) mass is 664 g/mol. The van der Waals surface area contributed by atoms with Gasteiger partial charge in [-0.2, -0.15) is 31.4 Å². The van der Waals surface area contributed by atoms with E-state index in [9.17, 15) is 31.1 Å². The average molecular weight is 665 g/mol. The molecule has 2 heterocycles. The summed E-state index contributed by atoms with van der Waals surface area (Å²) in [5.74, 6) is -4.20. The van der Waals surface area contributed by atoms with Crippen LogP contribution in [-0.4, -0.2) is 89.0 Å². The predicted octanol–water partition coefficient (Wildman–Crippen LogP) is 5.58. The molecule has 0 aliphatic carbocycles. The number of aliphatic carboxylic acids is 2. The van der Waals surface area contributed by atoms with E-state index in [1.165, 1.54) is 12.8 Å². The zero-order valence-corrected chi connectivity index (χ0v) is 24.2. The van der Waals surface area contributed by atoms with Crippen LogP contribution in [-0.2, 0) is 20.9 Å². The number of halogens is 6. The highest BCUT2D eigenvalue weighted by Gasteiger charge is 2.38. The van der Waals surface area contributed by atoms with Crippen molar-refractivity contribution < 1.29 is 65.1 Å². The molecule has 4 rings (SSSR count). The van der Waals surface area contributed by atoms with Crippen molar-refractivity contribution in [2.75, 3.05) is 38.7 Å². The number of methoxy groups -OCH3 is 1. The fourth-order valence-corrected chi connectivity index (χ4v) is 3.68. The summed E-state index contributed by atoms with van der Waals surface area (Å²) in [6, 6.07) is 13.1. The van der Waals surface area contributed by atoms with Gasteiger partial charge in [0, 0.05) is 18.3 Å². The number of anilines is 1. The van der Waals surface area contributed by atoms with Gasteiger partial charge in [-0.25, -0.2) is 14.4 Å². The van der Waals surface area contributed by atoms with Gasteiger partial charge in [-0.05, 0) is 61.3 Å². The summed E-state index contributed by atoms with van der Waals surface area (Å²) in [7, 11) is 1.60. The number of hydrogen-bond donors (Lipinski definition) is 4. The number of amides is 1. The Labute approximate surface area is 257 Å². The quantitative estimate of drug-likeness (QED) is 0.213. The van der Waals surface area contributed by atoms with Gasteiger partial charge in [-0.1, -0.05) is 18.2 Å². The van der Waals surface area contributed by atoms with E-state index < -0.39 is 30.4 Å². The summed E-state index contributed by atoms with van der Waals surface area (Å²) in [5, 5.41) is 23.9. The number of H-pyrrole nitrogens is 1. The first kappa shape index (κ1) is 37.2. The molecule has 0 unspecified atom stereocenters. The molecule has 0 radical (unpaired) electrons. The van der Waals surface area contributed by atoms with E-state index >= 15 is 0 Å². The van der Waals surface area contributed by atoms with Crippen LogP contribution in [0.5, 0.6) is 11.5 Å². The average Bonchev–Trinajstić information content (AvgIpc) is 3.72. The first-order valence-electron chi connectivity index (χ1n) is 13.3. The van der Waals surface area contributed by atoms with Crippen LogP contribution in [0, 0.1) is 0 Å². The number of carboxylic acid groups (broad SMARTS) is 2. The Hall–Kier alpha value is -5.00. The molecule has 0 saturated carbocycles. The number of ether oxygens (including phenoxy) is 3. The summed E-state index contributed by atoms with van der Waals surface area (Å²) in [6.07, 6.45) is -4.67. The standard InChI is InChI=1S/C24H28N4O4.2C2HF3O2/c1-30-21-6-4-5-18(13-21)17-32-24(29)27-22-8-7-19(20-15-25-26-16-20)14-23(22)31-12-11-28-9-2-3-10-28;2*3-2(4,5)1(6)7/h4-8,13-16H,2-3,9-12,17H2,1H3,(H,25,26)(H,27,29);2*(H,6,7). The molecule has 1 aliphatic rings. The lowest BCUT2D eigenvalue weighted by Crippen LogP contribution is -2.25. The Morgan fingerprint density at radius 1 is 0.957 bits per heavy atom. The Morgan fingerprint density at radius 3 is 2.13 bits per heavy atom. The molecule has 0 spiro atoms. The van der Waals surface area contributed by atoms with Crippen LogP contribution in [0.15, 0.2) is 54.9 Å². The number of carbonyl (C=O) groups excluding carboxylic acids is 1. The first-order valence-corrected chi connectivity index (χ1v) is 13.3. The van der Waals surface area contributed by atoms with Crippen LogP contribution in [0.4, 0.5) is 36.8 Å². The third kappa shape index (κ3) is 13.3. The smallest absolute Gasteiger partial charge is 0.490 e. The Morgan fingerprint density at radius 2 is 1.59 bits per heavy atom. The molecule has 46 heavy (non-hydrogen) atoms. The van der Waals surface area contributed by atoms with Crippen LogP contribution in [0.3, 0.4) is 0 Å². The van der Waals surface area contributed by atoms with Gasteiger partial charge in [0.1, 0.15) is 24.7 Å². The van der Waals surface area contributed by atoms with Crippen LogP contribution in [0.1, 0.15) is 18.4 Å². The SMILES string of the molecule is COc1cccc(COC(=O)Nc2ccc(-c3cn[nH]c3)cc2OCCN2CCCC2)c1.O=C(O)C(F)(F)F.O=C(O)C(F)(F)F. The van der Waals surface area contributed by atoms with Crippen molar-refractivity contribution in [3.63, 3.8) is 0 Å². The normalized spacial score (nSPS) is 12.9. The van der Waals surface area contributed by atoms with Gasteiger partial charge in [0.2, 0.25) is 0 Å². The molecule has 252 valence electrons. The highest BCUT2D eigenvalue weighted by molar-refractivity contribution is 5.87. The second-order valence-electron chi connectivity index (χ2n) is 9.25. The number of nitrogens with zero attached hydrogens (tertiary/aromatic N) is 2. The number of benzene rings is 2. The molecule has 1 aromatic heterocycles. The molecule has 4 N–H and O–H groups in total. The number of aromatic amines is 1. The number of nitrogens with one attached hydrogen (secondary N) is 2. The van der Waals surface area contributed by atoms with E-state index in [2.05, 4.69) is 20.4 Å². The van der Waals surface area contributed by atoms with Crippen molar-refractivity contribution in [2.24, 2.45) is 0 Å². The maximum atomic E-state index is 12.4. The van der Waals surface area contributed by atoms with Gasteiger partial charge < -0.3 is 24.4 Å². The lowest BCUT2D eigenvalue weighted by Gasteiger charge is -2.17. The van der Waals surface area contributed by atoms with Gasteiger partial charge in [0.05, 0.1) is 19.0 Å².